The Kier molecular flexibility index (Phi) is 5.74. The molecule has 9 nitrogen and oxygen atoms in total. The second-order valence-corrected chi connectivity index (χ2v) is 9.82. The summed E-state index contributed by atoms with van der Waals surface area (Å²) in [6.45, 7) is 3.64. The van der Waals surface area contributed by atoms with E-state index in [2.05, 4.69) is 25.9 Å². The topological polar surface area (TPSA) is 108 Å². The number of piperidine rings is 1. The zero-order valence-electron chi connectivity index (χ0n) is 19.6. The van der Waals surface area contributed by atoms with Crippen LogP contribution in [0.1, 0.15) is 28.1 Å². The van der Waals surface area contributed by atoms with Gasteiger partial charge in [0.05, 0.1) is 22.4 Å². The van der Waals surface area contributed by atoms with Gasteiger partial charge in [0.2, 0.25) is 5.88 Å². The number of aromatic nitrogens is 2. The normalized spacial score (nSPS) is 17.1. The standard InChI is InChI=1S/C26H24N6O3S/c1-15-13-17(35-20-6-2-3-11-28-20)7-8-18(15)32-19-9-12-29-25-21(19)22(31-26(32)34)23(36-25)24(33)30-16-5-4-10-27-14-16/h2-3,6-9,11-13,16,27H,4-5,10,14H2,1H3,(H,30,33)(H,31,34). The van der Waals surface area contributed by atoms with Gasteiger partial charge in [-0.1, -0.05) is 6.07 Å². The summed E-state index contributed by atoms with van der Waals surface area (Å²) in [5.74, 6) is 0.933. The van der Waals surface area contributed by atoms with Gasteiger partial charge in [0.1, 0.15) is 15.5 Å². The summed E-state index contributed by atoms with van der Waals surface area (Å²) >= 11 is 1.29. The summed E-state index contributed by atoms with van der Waals surface area (Å²) in [7, 11) is 0. The number of pyridine rings is 2. The first-order valence-electron chi connectivity index (χ1n) is 11.8. The molecule has 3 amide bonds. The summed E-state index contributed by atoms with van der Waals surface area (Å²) < 4.78 is 5.85. The van der Waals surface area contributed by atoms with Crippen molar-refractivity contribution in [2.75, 3.05) is 23.3 Å². The number of ether oxygens (including phenoxy) is 1. The van der Waals surface area contributed by atoms with Gasteiger partial charge in [0.15, 0.2) is 0 Å². The maximum atomic E-state index is 13.4. The van der Waals surface area contributed by atoms with Gasteiger partial charge in [-0.15, -0.1) is 11.3 Å². The SMILES string of the molecule is Cc1cc(Oc2ccccn2)ccc1N1C(=O)Nc2c(C(=O)NC3CCCNC3)sc3nccc1c23. The van der Waals surface area contributed by atoms with Crippen LogP contribution in [0.3, 0.4) is 0 Å². The molecule has 2 aliphatic heterocycles. The maximum absolute atomic E-state index is 13.4. The van der Waals surface area contributed by atoms with Crippen molar-refractivity contribution < 1.29 is 14.3 Å². The van der Waals surface area contributed by atoms with Crippen molar-refractivity contribution in [3.63, 3.8) is 0 Å². The minimum absolute atomic E-state index is 0.0707. The summed E-state index contributed by atoms with van der Waals surface area (Å²) in [5, 5.41) is 10.1. The number of urea groups is 1. The Morgan fingerprint density at radius 1 is 1.17 bits per heavy atom. The van der Waals surface area contributed by atoms with Crippen molar-refractivity contribution in [1.29, 1.82) is 0 Å². The predicted molar refractivity (Wildman–Crippen MR) is 140 cm³/mol. The van der Waals surface area contributed by atoms with E-state index in [0.29, 0.717) is 38.4 Å². The molecule has 5 heterocycles. The first-order chi connectivity index (χ1) is 17.6. The Balaban J connectivity index is 1.34. The number of aryl methyl sites for hydroxylation is 1. The number of anilines is 3. The number of hydrogen-bond acceptors (Lipinski definition) is 7. The van der Waals surface area contributed by atoms with Gasteiger partial charge in [-0.25, -0.2) is 14.8 Å². The predicted octanol–water partition coefficient (Wildman–Crippen LogP) is 4.96. The fourth-order valence-electron chi connectivity index (χ4n) is 4.68. The Labute approximate surface area is 211 Å². The number of carbonyl (C=O) groups is 2. The molecule has 1 saturated heterocycles. The zero-order valence-corrected chi connectivity index (χ0v) is 20.4. The van der Waals surface area contributed by atoms with E-state index < -0.39 is 0 Å². The molecule has 1 aromatic carbocycles. The van der Waals surface area contributed by atoms with Crippen LogP contribution < -0.4 is 25.6 Å². The lowest BCUT2D eigenvalue weighted by Gasteiger charge is -2.30. The lowest BCUT2D eigenvalue weighted by atomic mass is 10.1. The molecule has 0 spiro atoms. The minimum Gasteiger partial charge on any atom is -0.439 e. The van der Waals surface area contributed by atoms with Crippen LogP contribution >= 0.6 is 11.3 Å². The highest BCUT2D eigenvalue weighted by atomic mass is 32.1. The summed E-state index contributed by atoms with van der Waals surface area (Å²) in [6, 6.07) is 12.5. The van der Waals surface area contributed by atoms with E-state index >= 15 is 0 Å². The molecular weight excluding hydrogens is 476 g/mol. The molecule has 1 atom stereocenters. The number of thiophene rings is 1. The first-order valence-corrected chi connectivity index (χ1v) is 12.6. The minimum atomic E-state index is -0.330. The van der Waals surface area contributed by atoms with Gasteiger partial charge in [0, 0.05) is 31.0 Å². The van der Waals surface area contributed by atoms with E-state index in [9.17, 15) is 9.59 Å². The van der Waals surface area contributed by atoms with E-state index in [1.165, 1.54) is 11.3 Å². The van der Waals surface area contributed by atoms with Crippen molar-refractivity contribution in [1.82, 2.24) is 20.6 Å². The summed E-state index contributed by atoms with van der Waals surface area (Å²) in [6.07, 6.45) is 5.29. The average molecular weight is 501 g/mol. The number of benzene rings is 1. The molecule has 2 aliphatic rings. The van der Waals surface area contributed by atoms with Crippen LogP contribution in [0.5, 0.6) is 11.6 Å². The van der Waals surface area contributed by atoms with E-state index in [1.807, 2.05) is 43.3 Å². The monoisotopic (exact) mass is 500 g/mol. The van der Waals surface area contributed by atoms with Crippen LogP contribution in [-0.2, 0) is 0 Å². The number of carbonyl (C=O) groups excluding carboxylic acids is 2. The van der Waals surface area contributed by atoms with Gasteiger partial charge in [-0.2, -0.15) is 0 Å². The Bertz CT molecular complexity index is 1470. The fourth-order valence-corrected chi connectivity index (χ4v) is 5.70. The lowest BCUT2D eigenvalue weighted by molar-refractivity contribution is 0.0935. The average Bonchev–Trinajstić information content (AvgIpc) is 3.26. The van der Waals surface area contributed by atoms with Crippen LogP contribution in [0.25, 0.3) is 10.2 Å². The Hall–Kier alpha value is -4.02. The highest BCUT2D eigenvalue weighted by molar-refractivity contribution is 7.21. The third-order valence-corrected chi connectivity index (χ3v) is 7.45. The van der Waals surface area contributed by atoms with E-state index in [4.69, 9.17) is 4.74 Å². The molecule has 4 aromatic rings. The van der Waals surface area contributed by atoms with Crippen molar-refractivity contribution >= 4 is 50.6 Å². The van der Waals surface area contributed by atoms with E-state index in [0.717, 1.165) is 36.9 Å². The maximum Gasteiger partial charge on any atom is 0.331 e. The molecule has 6 rings (SSSR count). The molecule has 0 bridgehead atoms. The van der Waals surface area contributed by atoms with Crippen molar-refractivity contribution in [3.8, 4) is 11.6 Å². The molecule has 10 heteroatoms. The number of hydrogen-bond donors (Lipinski definition) is 3. The van der Waals surface area contributed by atoms with Crippen LogP contribution in [0, 0.1) is 6.92 Å². The number of nitrogens with one attached hydrogen (secondary N) is 3. The van der Waals surface area contributed by atoms with Gasteiger partial charge in [-0.05, 0) is 62.2 Å². The van der Waals surface area contributed by atoms with Gasteiger partial charge >= 0.3 is 6.03 Å². The van der Waals surface area contributed by atoms with Crippen LogP contribution in [-0.4, -0.2) is 41.0 Å². The molecule has 3 N–H and O–H groups in total. The molecule has 36 heavy (non-hydrogen) atoms. The van der Waals surface area contributed by atoms with Crippen molar-refractivity contribution in [3.05, 3.63) is 65.3 Å². The number of amides is 3. The molecule has 182 valence electrons. The largest absolute Gasteiger partial charge is 0.439 e. The second-order valence-electron chi connectivity index (χ2n) is 8.82. The molecule has 1 unspecified atom stereocenters. The molecule has 0 saturated carbocycles. The van der Waals surface area contributed by atoms with Gasteiger partial charge in [0.25, 0.3) is 5.91 Å². The second kappa shape index (κ2) is 9.21. The van der Waals surface area contributed by atoms with E-state index in [1.54, 1.807) is 23.4 Å². The fraction of sp³-hybridized carbons (Fsp3) is 0.231. The number of nitrogens with zero attached hydrogens (tertiary/aromatic N) is 3. The molecule has 0 aliphatic carbocycles. The smallest absolute Gasteiger partial charge is 0.331 e. The molecule has 1 fully saturated rings. The Morgan fingerprint density at radius 2 is 2.08 bits per heavy atom. The summed E-state index contributed by atoms with van der Waals surface area (Å²) in [5.41, 5.74) is 2.78. The third kappa shape index (κ3) is 4.04. The van der Waals surface area contributed by atoms with Crippen molar-refractivity contribution in [2.45, 2.75) is 25.8 Å². The van der Waals surface area contributed by atoms with Gasteiger partial charge in [-0.3, -0.25) is 9.69 Å². The highest BCUT2D eigenvalue weighted by Gasteiger charge is 2.33. The zero-order chi connectivity index (χ0) is 24.6. The molecule has 0 radical (unpaired) electrons. The van der Waals surface area contributed by atoms with Crippen LogP contribution in [0.2, 0.25) is 0 Å². The third-order valence-electron chi connectivity index (χ3n) is 6.35. The highest BCUT2D eigenvalue weighted by Crippen LogP contribution is 2.46. The van der Waals surface area contributed by atoms with Gasteiger partial charge < -0.3 is 20.7 Å². The molecular formula is C26H24N6O3S. The lowest BCUT2D eigenvalue weighted by Crippen LogP contribution is -2.45. The molecule has 3 aromatic heterocycles. The first kappa shape index (κ1) is 22.4. The Morgan fingerprint density at radius 3 is 2.86 bits per heavy atom. The number of rotatable bonds is 5. The quantitative estimate of drug-likeness (QED) is 0.358. The summed E-state index contributed by atoms with van der Waals surface area (Å²) in [4.78, 5) is 38.0. The van der Waals surface area contributed by atoms with Crippen molar-refractivity contribution in [2.24, 2.45) is 0 Å². The van der Waals surface area contributed by atoms with Crippen LogP contribution in [0.4, 0.5) is 21.9 Å². The van der Waals surface area contributed by atoms with E-state index in [-0.39, 0.29) is 18.0 Å². The van der Waals surface area contributed by atoms with Crippen LogP contribution in [0.15, 0.2) is 54.9 Å².